The second-order valence-electron chi connectivity index (χ2n) is 8.50. The van der Waals surface area contributed by atoms with Gasteiger partial charge in [-0.25, -0.2) is 0 Å². The Balaban J connectivity index is 1.55. The fourth-order valence-corrected chi connectivity index (χ4v) is 3.52. The Kier molecular flexibility index (Phi) is 9.80. The molecule has 0 aliphatic heterocycles. The summed E-state index contributed by atoms with van der Waals surface area (Å²) < 4.78 is 5.74. The van der Waals surface area contributed by atoms with E-state index in [1.165, 1.54) is 0 Å². The molecule has 0 atom stereocenters. The molecule has 3 rings (SSSR count). The topological polar surface area (TPSA) is 79.5 Å². The highest BCUT2D eigenvalue weighted by atomic mass is 32.1. The summed E-state index contributed by atoms with van der Waals surface area (Å²) in [6, 6.07) is 24.0. The quantitative estimate of drug-likeness (QED) is 0.341. The van der Waals surface area contributed by atoms with Crippen molar-refractivity contribution in [3.05, 3.63) is 95.6 Å². The zero-order valence-corrected chi connectivity index (χ0v) is 20.9. The van der Waals surface area contributed by atoms with Crippen LogP contribution in [0.5, 0.6) is 5.75 Å². The first-order chi connectivity index (χ1) is 16.9. The number of para-hydroxylation sites is 1. The Morgan fingerprint density at radius 2 is 1.66 bits per heavy atom. The number of benzene rings is 3. The highest BCUT2D eigenvalue weighted by Gasteiger charge is 2.14. The monoisotopic (exact) mass is 489 g/mol. The molecular weight excluding hydrogens is 458 g/mol. The lowest BCUT2D eigenvalue weighted by Gasteiger charge is -2.14. The van der Waals surface area contributed by atoms with E-state index in [9.17, 15) is 9.59 Å². The predicted octanol–water partition coefficient (Wildman–Crippen LogP) is 5.21. The third-order valence-corrected chi connectivity index (χ3v) is 5.45. The molecule has 3 aromatic rings. The molecule has 35 heavy (non-hydrogen) atoms. The van der Waals surface area contributed by atoms with Crippen molar-refractivity contribution in [2.75, 3.05) is 18.5 Å². The molecule has 0 radical (unpaired) electrons. The molecule has 0 saturated carbocycles. The van der Waals surface area contributed by atoms with Crippen molar-refractivity contribution in [3.63, 3.8) is 0 Å². The van der Waals surface area contributed by atoms with Gasteiger partial charge in [-0.2, -0.15) is 0 Å². The average Bonchev–Trinajstić information content (AvgIpc) is 2.85. The van der Waals surface area contributed by atoms with Gasteiger partial charge in [0.15, 0.2) is 5.11 Å². The summed E-state index contributed by atoms with van der Waals surface area (Å²) in [7, 11) is 0. The van der Waals surface area contributed by atoms with Gasteiger partial charge in [0.1, 0.15) is 5.75 Å². The second kappa shape index (κ2) is 13.2. The Morgan fingerprint density at radius 3 is 2.43 bits per heavy atom. The van der Waals surface area contributed by atoms with Gasteiger partial charge in [-0.05, 0) is 66.9 Å². The molecule has 0 fully saturated rings. The molecule has 7 heteroatoms. The maximum Gasteiger partial charge on any atom is 0.257 e. The van der Waals surface area contributed by atoms with E-state index >= 15 is 0 Å². The zero-order valence-electron chi connectivity index (χ0n) is 20.0. The van der Waals surface area contributed by atoms with Gasteiger partial charge in [0.25, 0.3) is 11.8 Å². The fourth-order valence-electron chi connectivity index (χ4n) is 3.32. The summed E-state index contributed by atoms with van der Waals surface area (Å²) in [6.45, 7) is 5.36. The molecule has 0 saturated heterocycles. The van der Waals surface area contributed by atoms with Crippen molar-refractivity contribution >= 4 is 34.8 Å². The lowest BCUT2D eigenvalue weighted by atomic mass is 10.1. The minimum atomic E-state index is -0.360. The molecule has 0 aliphatic carbocycles. The molecule has 182 valence electrons. The molecule has 0 aromatic heterocycles. The van der Waals surface area contributed by atoms with Gasteiger partial charge < -0.3 is 15.4 Å². The standard InChI is InChI=1S/C28H31N3O3S/c1-20(2)16-18-34-23-12-8-11-22(19-23)26(32)31-28(35)30-25-14-7-6-13-24(25)27(33)29-17-15-21-9-4-3-5-10-21/h3-14,19-20H,15-18H2,1-2H3,(H,29,33)(H2,30,31,32,35). The lowest BCUT2D eigenvalue weighted by molar-refractivity contribution is 0.0953. The maximum atomic E-state index is 12.8. The van der Waals surface area contributed by atoms with Gasteiger partial charge in [0.05, 0.1) is 17.9 Å². The Morgan fingerprint density at radius 1 is 0.914 bits per heavy atom. The summed E-state index contributed by atoms with van der Waals surface area (Å²) >= 11 is 5.34. The van der Waals surface area contributed by atoms with E-state index in [0.717, 1.165) is 18.4 Å². The summed E-state index contributed by atoms with van der Waals surface area (Å²) in [5.41, 5.74) is 2.54. The Labute approximate surface area is 212 Å². The molecule has 0 bridgehead atoms. The largest absolute Gasteiger partial charge is 0.494 e. The van der Waals surface area contributed by atoms with Gasteiger partial charge in [0.2, 0.25) is 0 Å². The lowest BCUT2D eigenvalue weighted by Crippen LogP contribution is -2.35. The van der Waals surface area contributed by atoms with Gasteiger partial charge in [-0.15, -0.1) is 0 Å². The van der Waals surface area contributed by atoms with Crippen molar-refractivity contribution < 1.29 is 14.3 Å². The first kappa shape index (κ1) is 25.9. The molecule has 0 heterocycles. The van der Waals surface area contributed by atoms with Crippen LogP contribution in [0.25, 0.3) is 0 Å². The van der Waals surface area contributed by atoms with E-state index in [0.29, 0.717) is 41.6 Å². The molecule has 2 amide bonds. The van der Waals surface area contributed by atoms with Crippen LogP contribution in [0.1, 0.15) is 46.5 Å². The normalized spacial score (nSPS) is 10.5. The molecule has 0 spiro atoms. The van der Waals surface area contributed by atoms with E-state index in [4.69, 9.17) is 17.0 Å². The van der Waals surface area contributed by atoms with Gasteiger partial charge in [-0.3, -0.25) is 14.9 Å². The van der Waals surface area contributed by atoms with E-state index in [1.807, 2.05) is 36.4 Å². The molecular formula is C28H31N3O3S. The number of hydrogen-bond donors (Lipinski definition) is 3. The third kappa shape index (κ3) is 8.54. The van der Waals surface area contributed by atoms with Crippen molar-refractivity contribution in [1.82, 2.24) is 10.6 Å². The fraction of sp³-hybridized carbons (Fsp3) is 0.250. The number of rotatable bonds is 10. The van der Waals surface area contributed by atoms with Crippen LogP contribution in [0.2, 0.25) is 0 Å². The van der Waals surface area contributed by atoms with Crippen LogP contribution in [-0.2, 0) is 6.42 Å². The molecule has 0 aliphatic rings. The zero-order chi connectivity index (χ0) is 25.0. The van der Waals surface area contributed by atoms with Crippen LogP contribution < -0.4 is 20.7 Å². The second-order valence-corrected chi connectivity index (χ2v) is 8.91. The first-order valence-corrected chi connectivity index (χ1v) is 12.1. The SMILES string of the molecule is CC(C)CCOc1cccc(C(=O)NC(=S)Nc2ccccc2C(=O)NCCc2ccccc2)c1. The number of anilines is 1. The van der Waals surface area contributed by atoms with E-state index < -0.39 is 0 Å². The van der Waals surface area contributed by atoms with Crippen molar-refractivity contribution in [2.45, 2.75) is 26.7 Å². The van der Waals surface area contributed by atoms with Gasteiger partial charge >= 0.3 is 0 Å². The van der Waals surface area contributed by atoms with E-state index in [1.54, 1.807) is 42.5 Å². The summed E-state index contributed by atoms with van der Waals surface area (Å²) in [5.74, 6) is 0.597. The molecule has 0 unspecified atom stereocenters. The number of carbonyl (C=O) groups is 2. The average molecular weight is 490 g/mol. The maximum absolute atomic E-state index is 12.8. The van der Waals surface area contributed by atoms with E-state index in [2.05, 4.69) is 29.8 Å². The molecule has 3 aromatic carbocycles. The number of nitrogens with one attached hydrogen (secondary N) is 3. The molecule has 6 nitrogen and oxygen atoms in total. The summed E-state index contributed by atoms with van der Waals surface area (Å²) in [4.78, 5) is 25.5. The number of amides is 2. The van der Waals surface area contributed by atoms with Crippen molar-refractivity contribution in [3.8, 4) is 5.75 Å². The number of thiocarbonyl (C=S) groups is 1. The van der Waals surface area contributed by atoms with Gasteiger partial charge in [-0.1, -0.05) is 62.4 Å². The minimum Gasteiger partial charge on any atom is -0.494 e. The van der Waals surface area contributed by atoms with E-state index in [-0.39, 0.29) is 16.9 Å². The highest BCUT2D eigenvalue weighted by Crippen LogP contribution is 2.16. The number of carbonyl (C=O) groups excluding carboxylic acids is 2. The highest BCUT2D eigenvalue weighted by molar-refractivity contribution is 7.80. The van der Waals surface area contributed by atoms with Crippen molar-refractivity contribution in [2.24, 2.45) is 5.92 Å². The van der Waals surface area contributed by atoms with Crippen LogP contribution >= 0.6 is 12.2 Å². The first-order valence-electron chi connectivity index (χ1n) is 11.7. The Hall–Kier alpha value is -3.71. The predicted molar refractivity (Wildman–Crippen MR) is 144 cm³/mol. The van der Waals surface area contributed by atoms with Gasteiger partial charge in [0, 0.05) is 12.1 Å². The van der Waals surface area contributed by atoms with Crippen molar-refractivity contribution in [1.29, 1.82) is 0 Å². The number of hydrogen-bond acceptors (Lipinski definition) is 4. The Bertz CT molecular complexity index is 1150. The van der Waals surface area contributed by atoms with Crippen LogP contribution in [-0.4, -0.2) is 30.1 Å². The summed E-state index contributed by atoms with van der Waals surface area (Å²) in [5, 5.41) is 8.68. The summed E-state index contributed by atoms with van der Waals surface area (Å²) in [6.07, 6.45) is 1.67. The van der Waals surface area contributed by atoms with Crippen LogP contribution in [0.15, 0.2) is 78.9 Å². The van der Waals surface area contributed by atoms with Crippen LogP contribution in [0.4, 0.5) is 5.69 Å². The van der Waals surface area contributed by atoms with Crippen LogP contribution in [0.3, 0.4) is 0 Å². The minimum absolute atomic E-state index is 0.102. The number of ether oxygens (including phenoxy) is 1. The third-order valence-electron chi connectivity index (χ3n) is 5.25. The molecule has 3 N–H and O–H groups in total. The smallest absolute Gasteiger partial charge is 0.257 e. The van der Waals surface area contributed by atoms with Crippen LogP contribution in [0, 0.1) is 5.92 Å².